The molecule has 0 aliphatic carbocycles. The highest BCUT2D eigenvalue weighted by atomic mass is 32.2. The third-order valence-electron chi connectivity index (χ3n) is 4.52. The van der Waals surface area contributed by atoms with Gasteiger partial charge in [-0.25, -0.2) is 13.7 Å². The van der Waals surface area contributed by atoms with E-state index in [4.69, 9.17) is 14.3 Å². The minimum absolute atomic E-state index is 0.315. The van der Waals surface area contributed by atoms with Gasteiger partial charge in [0.05, 0.1) is 17.5 Å². The van der Waals surface area contributed by atoms with Gasteiger partial charge in [-0.15, -0.1) is 0 Å². The minimum Gasteiger partial charge on any atom is -0.497 e. The van der Waals surface area contributed by atoms with E-state index in [1.807, 2.05) is 30.3 Å². The third-order valence-corrected chi connectivity index (χ3v) is 6.01. The molecule has 1 atom stereocenters. The molecule has 30 heavy (non-hydrogen) atoms. The average Bonchev–Trinajstić information content (AvgIpc) is 2.79. The molecule has 2 N–H and O–H groups in total. The smallest absolute Gasteiger partial charge is 0.138 e. The van der Waals surface area contributed by atoms with Gasteiger partial charge in [-0.3, -0.25) is 9.97 Å². The lowest BCUT2D eigenvalue weighted by atomic mass is 10.2. The molecule has 0 saturated heterocycles. The number of pyridine rings is 2. The normalized spacial score (nSPS) is 13.0. The lowest BCUT2D eigenvalue weighted by Crippen LogP contribution is -2.21. The molecule has 0 aliphatic rings. The van der Waals surface area contributed by atoms with Gasteiger partial charge >= 0.3 is 0 Å². The summed E-state index contributed by atoms with van der Waals surface area (Å²) in [6.07, 6.45) is 4.99. The summed E-state index contributed by atoms with van der Waals surface area (Å²) in [5, 5.41) is 0.852. The second-order valence-electron chi connectivity index (χ2n) is 6.50. The molecule has 0 bridgehead atoms. The number of nitrogens with zero attached hydrogens (tertiary/aromatic N) is 2. The Bertz CT molecular complexity index is 1260. The highest BCUT2D eigenvalue weighted by Crippen LogP contribution is 2.31. The SMILES string of the molecule is COc1ccc2c(Oc3ccc(S(=N)(=O)NCc4ccncc4)cc3)ccnc2c1. The zero-order valence-electron chi connectivity index (χ0n) is 16.2. The van der Waals surface area contributed by atoms with Gasteiger partial charge in [0.2, 0.25) is 0 Å². The Balaban J connectivity index is 1.50. The van der Waals surface area contributed by atoms with Gasteiger partial charge in [0.1, 0.15) is 27.2 Å². The van der Waals surface area contributed by atoms with Gasteiger partial charge in [-0.05, 0) is 60.2 Å². The van der Waals surface area contributed by atoms with Crippen LogP contribution in [0.2, 0.25) is 0 Å². The molecular weight excluding hydrogens is 400 g/mol. The lowest BCUT2D eigenvalue weighted by Gasteiger charge is -2.12. The zero-order chi connectivity index (χ0) is 21.0. The molecule has 152 valence electrons. The molecule has 8 heteroatoms. The van der Waals surface area contributed by atoms with Crippen molar-refractivity contribution in [2.24, 2.45) is 0 Å². The molecule has 0 amide bonds. The van der Waals surface area contributed by atoms with Crippen molar-refractivity contribution in [1.29, 1.82) is 4.78 Å². The van der Waals surface area contributed by atoms with Gasteiger partial charge in [-0.2, -0.15) is 0 Å². The monoisotopic (exact) mass is 420 g/mol. The van der Waals surface area contributed by atoms with Crippen molar-refractivity contribution >= 4 is 20.8 Å². The first kappa shape index (κ1) is 19.8. The summed E-state index contributed by atoms with van der Waals surface area (Å²) in [4.78, 5) is 8.68. The van der Waals surface area contributed by atoms with E-state index >= 15 is 0 Å². The van der Waals surface area contributed by atoms with Gasteiger partial charge < -0.3 is 9.47 Å². The molecule has 0 aliphatic heterocycles. The minimum atomic E-state index is -3.14. The van der Waals surface area contributed by atoms with Gasteiger partial charge in [0.25, 0.3) is 0 Å². The molecular formula is C22H20N4O3S. The lowest BCUT2D eigenvalue weighted by molar-refractivity contribution is 0.415. The molecule has 1 unspecified atom stereocenters. The zero-order valence-corrected chi connectivity index (χ0v) is 17.1. The van der Waals surface area contributed by atoms with E-state index < -0.39 is 9.92 Å². The highest BCUT2D eigenvalue weighted by Gasteiger charge is 2.11. The average molecular weight is 420 g/mol. The van der Waals surface area contributed by atoms with E-state index in [2.05, 4.69) is 14.7 Å². The van der Waals surface area contributed by atoms with Crippen LogP contribution in [0.1, 0.15) is 5.56 Å². The Kier molecular flexibility index (Phi) is 5.60. The van der Waals surface area contributed by atoms with Crippen LogP contribution >= 0.6 is 0 Å². The Morgan fingerprint density at radius 1 is 0.967 bits per heavy atom. The van der Waals surface area contributed by atoms with Crippen LogP contribution in [0, 0.1) is 4.78 Å². The number of ether oxygens (including phenoxy) is 2. The predicted molar refractivity (Wildman–Crippen MR) is 115 cm³/mol. The van der Waals surface area contributed by atoms with E-state index in [0.717, 1.165) is 22.2 Å². The molecule has 0 spiro atoms. The van der Waals surface area contributed by atoms with Crippen LogP contribution in [0.25, 0.3) is 10.9 Å². The summed E-state index contributed by atoms with van der Waals surface area (Å²) >= 11 is 0. The maximum atomic E-state index is 12.7. The van der Waals surface area contributed by atoms with Crippen LogP contribution in [-0.4, -0.2) is 21.3 Å². The molecule has 0 fully saturated rings. The summed E-state index contributed by atoms with van der Waals surface area (Å²) < 4.78 is 35.0. The van der Waals surface area contributed by atoms with Crippen LogP contribution in [0.5, 0.6) is 17.2 Å². The number of benzene rings is 2. The van der Waals surface area contributed by atoms with Crippen LogP contribution in [0.15, 0.2) is 84.1 Å². The number of methoxy groups -OCH3 is 1. The molecule has 7 nitrogen and oxygen atoms in total. The summed E-state index contributed by atoms with van der Waals surface area (Å²) in [6, 6.07) is 17.7. The van der Waals surface area contributed by atoms with Crippen molar-refractivity contribution in [2.75, 3.05) is 7.11 Å². The summed E-state index contributed by atoms with van der Waals surface area (Å²) in [6.45, 7) is 0.315. The summed E-state index contributed by atoms with van der Waals surface area (Å²) in [7, 11) is -1.53. The van der Waals surface area contributed by atoms with Crippen molar-refractivity contribution in [3.63, 3.8) is 0 Å². The number of aromatic nitrogens is 2. The summed E-state index contributed by atoms with van der Waals surface area (Å²) in [5.74, 6) is 1.95. The number of hydrogen-bond acceptors (Lipinski definition) is 6. The molecule has 0 radical (unpaired) electrons. The van der Waals surface area contributed by atoms with Crippen molar-refractivity contribution in [3.8, 4) is 17.2 Å². The fourth-order valence-electron chi connectivity index (χ4n) is 2.91. The van der Waals surface area contributed by atoms with E-state index in [-0.39, 0.29) is 0 Å². The molecule has 4 rings (SSSR count). The van der Waals surface area contributed by atoms with Gasteiger partial charge in [0.15, 0.2) is 0 Å². The Morgan fingerprint density at radius 3 is 2.43 bits per heavy atom. The van der Waals surface area contributed by atoms with Crippen LogP contribution < -0.4 is 14.2 Å². The summed E-state index contributed by atoms with van der Waals surface area (Å²) in [5.41, 5.74) is 1.67. The van der Waals surface area contributed by atoms with Crippen LogP contribution in [0.3, 0.4) is 0 Å². The maximum absolute atomic E-state index is 12.7. The number of fused-ring (bicyclic) bond motifs is 1. The van der Waals surface area contributed by atoms with Gasteiger partial charge in [-0.1, -0.05) is 0 Å². The quantitative estimate of drug-likeness (QED) is 0.457. The van der Waals surface area contributed by atoms with Crippen LogP contribution in [-0.2, 0) is 16.5 Å². The van der Waals surface area contributed by atoms with Crippen molar-refractivity contribution in [2.45, 2.75) is 11.4 Å². The third kappa shape index (κ3) is 4.40. The fraction of sp³-hybridized carbons (Fsp3) is 0.0909. The first-order chi connectivity index (χ1) is 14.5. The first-order valence-electron chi connectivity index (χ1n) is 9.18. The van der Waals surface area contributed by atoms with E-state index in [9.17, 15) is 4.21 Å². The van der Waals surface area contributed by atoms with Crippen molar-refractivity contribution < 1.29 is 13.7 Å². The molecule has 2 aromatic heterocycles. The molecule has 2 heterocycles. The highest BCUT2D eigenvalue weighted by molar-refractivity contribution is 7.90. The second kappa shape index (κ2) is 8.48. The van der Waals surface area contributed by atoms with E-state index in [1.54, 1.807) is 56.0 Å². The molecule has 4 aromatic rings. The number of nitrogens with one attached hydrogen (secondary N) is 2. The molecule has 2 aromatic carbocycles. The van der Waals surface area contributed by atoms with Crippen molar-refractivity contribution in [3.05, 3.63) is 84.8 Å². The van der Waals surface area contributed by atoms with Crippen molar-refractivity contribution in [1.82, 2.24) is 14.7 Å². The predicted octanol–water partition coefficient (Wildman–Crippen LogP) is 4.54. The Morgan fingerprint density at radius 2 is 1.70 bits per heavy atom. The second-order valence-corrected chi connectivity index (χ2v) is 8.37. The first-order valence-corrected chi connectivity index (χ1v) is 10.7. The Hall–Kier alpha value is -3.49. The number of hydrogen-bond donors (Lipinski definition) is 2. The maximum Gasteiger partial charge on any atom is 0.138 e. The van der Waals surface area contributed by atoms with E-state index in [1.165, 1.54) is 0 Å². The Labute approximate surface area is 174 Å². The molecule has 0 saturated carbocycles. The van der Waals surface area contributed by atoms with Crippen LogP contribution in [0.4, 0.5) is 0 Å². The topological polar surface area (TPSA) is 97.2 Å². The van der Waals surface area contributed by atoms with E-state index in [0.29, 0.717) is 22.9 Å². The number of rotatable bonds is 7. The largest absolute Gasteiger partial charge is 0.497 e. The fourth-order valence-corrected chi connectivity index (χ4v) is 3.97. The van der Waals surface area contributed by atoms with Gasteiger partial charge in [0, 0.05) is 36.6 Å². The standard InChI is InChI=1S/C22H20N4O3S/c1-28-18-4-7-20-21(14-18)25-13-10-22(20)29-17-2-5-19(6-3-17)30(23,27)26-15-16-8-11-24-12-9-16/h2-14H,15H2,1H3,(H2,23,26,27).